The van der Waals surface area contributed by atoms with Gasteiger partial charge < -0.3 is 5.32 Å². The number of allylic oxidation sites excluding steroid dienone is 1. The number of amides is 1. The molecule has 1 aliphatic heterocycles. The molecule has 1 aromatic carbocycles. The molecule has 0 aromatic heterocycles. The Balaban J connectivity index is 1.91. The van der Waals surface area contributed by atoms with Gasteiger partial charge in [0.05, 0.1) is 12.1 Å². The predicted octanol–water partition coefficient (Wildman–Crippen LogP) is 2.65. The largest absolute Gasteiger partial charge is 0.308 e. The van der Waals surface area contributed by atoms with Crippen molar-refractivity contribution in [2.75, 3.05) is 7.05 Å². The number of amidine groups is 1. The normalized spacial score (nSPS) is 14.7. The van der Waals surface area contributed by atoms with Crippen molar-refractivity contribution in [3.8, 4) is 0 Å². The number of rotatable bonds is 4. The van der Waals surface area contributed by atoms with Crippen LogP contribution in [0.3, 0.4) is 0 Å². The first-order valence-corrected chi connectivity index (χ1v) is 7.00. The van der Waals surface area contributed by atoms with Crippen molar-refractivity contribution in [3.63, 3.8) is 0 Å². The van der Waals surface area contributed by atoms with Crippen LogP contribution in [0.15, 0.2) is 63.8 Å². The molecule has 118 valence electrons. The summed E-state index contributed by atoms with van der Waals surface area (Å²) in [7, 11) is 1.67. The monoisotopic (exact) mass is 312 g/mol. The molecule has 1 heterocycles. The van der Waals surface area contributed by atoms with E-state index >= 15 is 0 Å². The Morgan fingerprint density at radius 3 is 2.65 bits per heavy atom. The van der Waals surface area contributed by atoms with Gasteiger partial charge in [-0.05, 0) is 36.8 Å². The van der Waals surface area contributed by atoms with Crippen molar-refractivity contribution >= 4 is 23.2 Å². The predicted molar refractivity (Wildman–Crippen MR) is 90.4 cm³/mol. The lowest BCUT2D eigenvalue weighted by atomic mass is 10.1. The van der Waals surface area contributed by atoms with Gasteiger partial charge in [-0.3, -0.25) is 9.79 Å². The molecule has 0 saturated heterocycles. The number of hydrogen-bond donors (Lipinski definition) is 1. The molecule has 1 amide bonds. The van der Waals surface area contributed by atoms with Gasteiger partial charge in [-0.25, -0.2) is 4.39 Å². The van der Waals surface area contributed by atoms with E-state index in [1.807, 2.05) is 6.92 Å². The minimum atomic E-state index is -0.348. The van der Waals surface area contributed by atoms with Crippen molar-refractivity contribution in [2.24, 2.45) is 15.2 Å². The Bertz CT molecular complexity index is 742. The van der Waals surface area contributed by atoms with E-state index in [-0.39, 0.29) is 11.7 Å². The maximum Gasteiger partial charge on any atom is 0.256 e. The lowest BCUT2D eigenvalue weighted by Crippen LogP contribution is -2.31. The molecule has 1 N–H and O–H groups in total. The number of carbonyl (C=O) groups is 1. The molecule has 0 fully saturated rings. The molecule has 6 heteroatoms. The van der Waals surface area contributed by atoms with E-state index < -0.39 is 0 Å². The average Bonchev–Trinajstić information content (AvgIpc) is 3.01. The molecule has 0 saturated carbocycles. The summed E-state index contributed by atoms with van der Waals surface area (Å²) >= 11 is 0. The molecule has 2 rings (SSSR count). The summed E-state index contributed by atoms with van der Waals surface area (Å²) in [6, 6.07) is 5.98. The Hall–Kier alpha value is -2.89. The molecule has 23 heavy (non-hydrogen) atoms. The first-order valence-electron chi connectivity index (χ1n) is 7.00. The van der Waals surface area contributed by atoms with Gasteiger partial charge in [0, 0.05) is 18.3 Å². The van der Waals surface area contributed by atoms with Crippen LogP contribution in [0.4, 0.5) is 4.39 Å². The van der Waals surface area contributed by atoms with Crippen LogP contribution in [0.25, 0.3) is 0 Å². The molecule has 0 radical (unpaired) electrons. The van der Waals surface area contributed by atoms with Crippen LogP contribution in [-0.4, -0.2) is 30.2 Å². The maximum absolute atomic E-state index is 12.9. The summed E-state index contributed by atoms with van der Waals surface area (Å²) in [4.78, 5) is 16.0. The van der Waals surface area contributed by atoms with E-state index in [1.165, 1.54) is 12.1 Å². The molecular weight excluding hydrogens is 295 g/mol. The molecule has 5 nitrogen and oxygen atoms in total. The van der Waals surface area contributed by atoms with Crippen LogP contribution in [-0.2, 0) is 4.79 Å². The van der Waals surface area contributed by atoms with Crippen LogP contribution >= 0.6 is 0 Å². The highest BCUT2D eigenvalue weighted by Gasteiger charge is 2.17. The van der Waals surface area contributed by atoms with Crippen molar-refractivity contribution < 1.29 is 9.18 Å². The molecule has 1 aromatic rings. The van der Waals surface area contributed by atoms with Crippen molar-refractivity contribution in [1.82, 2.24) is 5.32 Å². The second-order valence-electron chi connectivity index (χ2n) is 4.95. The van der Waals surface area contributed by atoms with Crippen molar-refractivity contribution in [2.45, 2.75) is 13.3 Å². The van der Waals surface area contributed by atoms with Gasteiger partial charge in [0.1, 0.15) is 11.7 Å². The number of halogens is 1. The van der Waals surface area contributed by atoms with E-state index in [1.54, 1.807) is 31.3 Å². The number of nitrogens with zero attached hydrogens (tertiary/aromatic N) is 3. The zero-order valence-electron chi connectivity index (χ0n) is 13.0. The van der Waals surface area contributed by atoms with Crippen LogP contribution < -0.4 is 5.32 Å². The summed E-state index contributed by atoms with van der Waals surface area (Å²) in [5.41, 5.74) is 2.54. The summed E-state index contributed by atoms with van der Waals surface area (Å²) in [5, 5.41) is 10.6. The minimum absolute atomic E-state index is 0.297. The zero-order chi connectivity index (χ0) is 16.8. The van der Waals surface area contributed by atoms with Gasteiger partial charge in [-0.15, -0.1) is 5.10 Å². The quantitative estimate of drug-likeness (QED) is 0.518. The van der Waals surface area contributed by atoms with Gasteiger partial charge in [-0.1, -0.05) is 18.7 Å². The smallest absolute Gasteiger partial charge is 0.256 e. The third-order valence-corrected chi connectivity index (χ3v) is 3.23. The third kappa shape index (κ3) is 4.54. The van der Waals surface area contributed by atoms with E-state index in [9.17, 15) is 9.18 Å². The Labute approximate surface area is 134 Å². The number of aliphatic imine (C=N–C) groups is 1. The van der Waals surface area contributed by atoms with Crippen LogP contribution in [0.1, 0.15) is 18.9 Å². The molecule has 0 aliphatic carbocycles. The standard InChI is InChI=1S/C17H17FN4O/c1-11(4-5-12(2)19-3)17(23)20-16-10-15(21-22-16)13-6-8-14(18)9-7-13/h4-9H,1,10H2,2-3H3,(H,20,22,23)/b5-4-,19-12?. The van der Waals surface area contributed by atoms with Gasteiger partial charge in [-0.2, -0.15) is 5.10 Å². The third-order valence-electron chi connectivity index (χ3n) is 3.23. The number of carbonyl (C=O) groups excluding carboxylic acids is 1. The number of benzene rings is 1. The van der Waals surface area contributed by atoms with Crippen LogP contribution in [0.5, 0.6) is 0 Å². The van der Waals surface area contributed by atoms with Gasteiger partial charge in [0.25, 0.3) is 5.91 Å². The van der Waals surface area contributed by atoms with E-state index in [2.05, 4.69) is 27.1 Å². The fourth-order valence-corrected chi connectivity index (χ4v) is 1.80. The first-order chi connectivity index (χ1) is 11.0. The topological polar surface area (TPSA) is 66.2 Å². The summed E-state index contributed by atoms with van der Waals surface area (Å²) in [5.74, 6) is -0.222. The fourth-order valence-electron chi connectivity index (χ4n) is 1.80. The highest BCUT2D eigenvalue weighted by Crippen LogP contribution is 2.12. The van der Waals surface area contributed by atoms with Gasteiger partial charge in [0.15, 0.2) is 0 Å². The van der Waals surface area contributed by atoms with Crippen LogP contribution in [0.2, 0.25) is 0 Å². The van der Waals surface area contributed by atoms with Crippen molar-refractivity contribution in [3.05, 3.63) is 60.0 Å². The van der Waals surface area contributed by atoms with Gasteiger partial charge in [0.2, 0.25) is 0 Å². The van der Waals surface area contributed by atoms with E-state index in [0.717, 1.165) is 11.3 Å². The Morgan fingerprint density at radius 1 is 1.30 bits per heavy atom. The maximum atomic E-state index is 12.9. The SMILES string of the molecule is C=C(/C=C\C(C)=NC)C(=O)NC1=NN=C(c2ccc(F)cc2)C1. The van der Waals surface area contributed by atoms with Crippen LogP contribution in [0, 0.1) is 5.82 Å². The first kappa shape index (κ1) is 16.5. The number of hydrogen-bond acceptors (Lipinski definition) is 4. The minimum Gasteiger partial charge on any atom is -0.308 e. The Morgan fingerprint density at radius 2 is 2.00 bits per heavy atom. The van der Waals surface area contributed by atoms with Crippen molar-refractivity contribution in [1.29, 1.82) is 0 Å². The van der Waals surface area contributed by atoms with E-state index in [4.69, 9.17) is 0 Å². The molecule has 1 aliphatic rings. The molecule has 0 bridgehead atoms. The molecule has 0 atom stereocenters. The summed E-state index contributed by atoms with van der Waals surface area (Å²) in [6.45, 7) is 5.53. The Kier molecular flexibility index (Phi) is 5.30. The lowest BCUT2D eigenvalue weighted by Gasteiger charge is -2.04. The second kappa shape index (κ2) is 7.40. The summed E-state index contributed by atoms with van der Waals surface area (Å²) in [6.07, 6.45) is 3.68. The molecule has 0 unspecified atom stereocenters. The zero-order valence-corrected chi connectivity index (χ0v) is 13.0. The number of nitrogens with one attached hydrogen (secondary N) is 1. The summed E-state index contributed by atoms with van der Waals surface area (Å²) < 4.78 is 12.9. The highest BCUT2D eigenvalue weighted by molar-refractivity contribution is 6.19. The highest BCUT2D eigenvalue weighted by atomic mass is 19.1. The molecule has 0 spiro atoms. The fraction of sp³-hybridized carbons (Fsp3) is 0.176. The molecular formula is C17H17FN4O. The second-order valence-corrected chi connectivity index (χ2v) is 4.95. The lowest BCUT2D eigenvalue weighted by molar-refractivity contribution is -0.115. The van der Waals surface area contributed by atoms with E-state index in [0.29, 0.717) is 23.5 Å². The average molecular weight is 312 g/mol. The van der Waals surface area contributed by atoms with Gasteiger partial charge >= 0.3 is 0 Å².